The van der Waals surface area contributed by atoms with Gasteiger partial charge in [-0.1, -0.05) is 6.92 Å². The van der Waals surface area contributed by atoms with E-state index in [-0.39, 0.29) is 5.92 Å². The molecule has 1 N–H and O–H groups in total. The first-order valence-electron chi connectivity index (χ1n) is 7.42. The summed E-state index contributed by atoms with van der Waals surface area (Å²) in [6.45, 7) is 7.57. The molecule has 0 aromatic carbocycles. The molecule has 18 heavy (non-hydrogen) atoms. The predicted molar refractivity (Wildman–Crippen MR) is 73.5 cm³/mol. The monoisotopic (exact) mass is 253 g/mol. The first-order chi connectivity index (χ1) is 8.72. The van der Waals surface area contributed by atoms with Crippen molar-refractivity contribution in [1.29, 1.82) is 0 Å². The molecule has 1 atom stereocenters. The molecule has 1 amide bonds. The Hall–Kier alpha value is -0.610. The van der Waals surface area contributed by atoms with E-state index in [9.17, 15) is 4.79 Å². The van der Waals surface area contributed by atoms with Crippen LogP contribution in [-0.4, -0.2) is 61.5 Å². The van der Waals surface area contributed by atoms with Gasteiger partial charge in [-0.25, -0.2) is 0 Å². The van der Waals surface area contributed by atoms with E-state index in [1.807, 2.05) is 11.9 Å². The maximum atomic E-state index is 12.4. The van der Waals surface area contributed by atoms with Gasteiger partial charge in [0.05, 0.1) is 5.92 Å². The SMILES string of the molecule is CCN1CCC(N(C)C(=O)C2CCCNC2)CC1. The van der Waals surface area contributed by atoms with Crippen LogP contribution in [0.2, 0.25) is 0 Å². The molecule has 0 aromatic rings. The highest BCUT2D eigenvalue weighted by atomic mass is 16.2. The summed E-state index contributed by atoms with van der Waals surface area (Å²) in [5.41, 5.74) is 0. The smallest absolute Gasteiger partial charge is 0.226 e. The van der Waals surface area contributed by atoms with Crippen molar-refractivity contribution in [3.8, 4) is 0 Å². The third-order valence-corrected chi connectivity index (χ3v) is 4.55. The molecule has 2 fully saturated rings. The molecular weight excluding hydrogens is 226 g/mol. The Balaban J connectivity index is 1.83. The topological polar surface area (TPSA) is 35.6 Å². The van der Waals surface area contributed by atoms with Crippen LogP contribution in [0.15, 0.2) is 0 Å². The Bertz CT molecular complexity index is 268. The van der Waals surface area contributed by atoms with Crippen LogP contribution in [0.5, 0.6) is 0 Å². The summed E-state index contributed by atoms with van der Waals surface area (Å²) >= 11 is 0. The molecule has 0 spiro atoms. The minimum absolute atomic E-state index is 0.216. The van der Waals surface area contributed by atoms with E-state index in [0.29, 0.717) is 11.9 Å². The number of carbonyl (C=O) groups is 1. The van der Waals surface area contributed by atoms with E-state index in [4.69, 9.17) is 0 Å². The molecule has 2 aliphatic heterocycles. The van der Waals surface area contributed by atoms with Gasteiger partial charge in [-0.05, 0) is 38.8 Å². The highest BCUT2D eigenvalue weighted by Crippen LogP contribution is 2.19. The Morgan fingerprint density at radius 2 is 2.06 bits per heavy atom. The molecule has 2 heterocycles. The number of nitrogens with zero attached hydrogens (tertiary/aromatic N) is 2. The fraction of sp³-hybridized carbons (Fsp3) is 0.929. The van der Waals surface area contributed by atoms with Gasteiger partial charge < -0.3 is 15.1 Å². The van der Waals surface area contributed by atoms with Crippen molar-refractivity contribution in [2.45, 2.75) is 38.6 Å². The molecular formula is C14H27N3O. The largest absolute Gasteiger partial charge is 0.342 e. The van der Waals surface area contributed by atoms with Gasteiger partial charge in [-0.2, -0.15) is 0 Å². The third kappa shape index (κ3) is 3.23. The van der Waals surface area contributed by atoms with Gasteiger partial charge in [-0.15, -0.1) is 0 Å². The number of amides is 1. The lowest BCUT2D eigenvalue weighted by atomic mass is 9.96. The first-order valence-corrected chi connectivity index (χ1v) is 7.42. The number of piperidine rings is 2. The van der Waals surface area contributed by atoms with Gasteiger partial charge in [-0.3, -0.25) is 4.79 Å². The number of likely N-dealkylation sites (tertiary alicyclic amines) is 1. The summed E-state index contributed by atoms with van der Waals surface area (Å²) in [5, 5.41) is 3.33. The van der Waals surface area contributed by atoms with Crippen molar-refractivity contribution in [3.63, 3.8) is 0 Å². The van der Waals surface area contributed by atoms with Crippen molar-refractivity contribution >= 4 is 5.91 Å². The van der Waals surface area contributed by atoms with E-state index in [1.165, 1.54) is 0 Å². The van der Waals surface area contributed by atoms with Gasteiger partial charge in [0.25, 0.3) is 0 Å². The van der Waals surface area contributed by atoms with Crippen LogP contribution < -0.4 is 5.32 Å². The lowest BCUT2D eigenvalue weighted by Gasteiger charge is -2.38. The minimum atomic E-state index is 0.216. The molecule has 4 heteroatoms. The van der Waals surface area contributed by atoms with E-state index in [0.717, 1.165) is 58.4 Å². The average Bonchev–Trinajstić information content (AvgIpc) is 2.47. The van der Waals surface area contributed by atoms with Crippen LogP contribution in [0.4, 0.5) is 0 Å². The van der Waals surface area contributed by atoms with Crippen LogP contribution in [0, 0.1) is 5.92 Å². The second-order valence-corrected chi connectivity index (χ2v) is 5.66. The molecule has 1 unspecified atom stereocenters. The van der Waals surface area contributed by atoms with E-state index < -0.39 is 0 Å². The van der Waals surface area contributed by atoms with E-state index in [1.54, 1.807) is 0 Å². The maximum Gasteiger partial charge on any atom is 0.226 e. The molecule has 0 radical (unpaired) electrons. The van der Waals surface area contributed by atoms with Gasteiger partial charge in [0, 0.05) is 32.7 Å². The summed E-state index contributed by atoms with van der Waals surface area (Å²) < 4.78 is 0. The van der Waals surface area contributed by atoms with Crippen molar-refractivity contribution in [2.75, 3.05) is 39.8 Å². The first kappa shape index (κ1) is 13.8. The molecule has 2 saturated heterocycles. The number of nitrogens with one attached hydrogen (secondary N) is 1. The lowest BCUT2D eigenvalue weighted by Crippen LogP contribution is -2.49. The molecule has 0 aliphatic carbocycles. The zero-order chi connectivity index (χ0) is 13.0. The summed E-state index contributed by atoms with van der Waals surface area (Å²) in [4.78, 5) is 16.9. The quantitative estimate of drug-likeness (QED) is 0.813. The van der Waals surface area contributed by atoms with Crippen molar-refractivity contribution in [2.24, 2.45) is 5.92 Å². The summed E-state index contributed by atoms with van der Waals surface area (Å²) in [6.07, 6.45) is 4.47. The molecule has 2 aliphatic rings. The molecule has 0 bridgehead atoms. The summed E-state index contributed by atoms with van der Waals surface area (Å²) in [5.74, 6) is 0.574. The van der Waals surface area contributed by atoms with E-state index in [2.05, 4.69) is 17.1 Å². The van der Waals surface area contributed by atoms with Gasteiger partial charge in [0.15, 0.2) is 0 Å². The average molecular weight is 253 g/mol. The van der Waals surface area contributed by atoms with Crippen molar-refractivity contribution < 1.29 is 4.79 Å². The number of hydrogen-bond acceptors (Lipinski definition) is 3. The fourth-order valence-corrected chi connectivity index (χ4v) is 3.15. The Kier molecular flexibility index (Phi) is 5.01. The molecule has 0 saturated carbocycles. The summed E-state index contributed by atoms with van der Waals surface area (Å²) in [7, 11) is 2.00. The van der Waals surface area contributed by atoms with Crippen molar-refractivity contribution in [1.82, 2.24) is 15.1 Å². The van der Waals surface area contributed by atoms with Crippen LogP contribution in [0.1, 0.15) is 32.6 Å². The number of hydrogen-bond donors (Lipinski definition) is 1. The molecule has 2 rings (SSSR count). The van der Waals surface area contributed by atoms with Crippen LogP contribution in [0.25, 0.3) is 0 Å². The zero-order valence-electron chi connectivity index (χ0n) is 11.8. The van der Waals surface area contributed by atoms with Gasteiger partial charge >= 0.3 is 0 Å². The highest BCUT2D eigenvalue weighted by molar-refractivity contribution is 5.79. The Morgan fingerprint density at radius 3 is 2.61 bits per heavy atom. The zero-order valence-corrected chi connectivity index (χ0v) is 11.8. The second kappa shape index (κ2) is 6.53. The van der Waals surface area contributed by atoms with Crippen LogP contribution in [0.3, 0.4) is 0 Å². The predicted octanol–water partition coefficient (Wildman–Crippen LogP) is 0.929. The molecule has 104 valence electrons. The standard InChI is InChI=1S/C14H27N3O/c1-3-17-9-6-13(7-10-17)16(2)14(18)12-5-4-8-15-11-12/h12-13,15H,3-11H2,1-2H3. The molecule has 0 aromatic heterocycles. The Morgan fingerprint density at radius 1 is 1.33 bits per heavy atom. The fourth-order valence-electron chi connectivity index (χ4n) is 3.15. The third-order valence-electron chi connectivity index (χ3n) is 4.55. The van der Waals surface area contributed by atoms with Gasteiger partial charge in [0.1, 0.15) is 0 Å². The lowest BCUT2D eigenvalue weighted by molar-refractivity contribution is -0.137. The minimum Gasteiger partial charge on any atom is -0.342 e. The number of carbonyl (C=O) groups excluding carboxylic acids is 1. The normalized spacial score (nSPS) is 27.1. The van der Waals surface area contributed by atoms with Crippen LogP contribution >= 0.6 is 0 Å². The summed E-state index contributed by atoms with van der Waals surface area (Å²) in [6, 6.07) is 0.460. The van der Waals surface area contributed by atoms with Crippen molar-refractivity contribution in [3.05, 3.63) is 0 Å². The Labute approximate surface area is 111 Å². The molecule has 4 nitrogen and oxygen atoms in total. The maximum absolute atomic E-state index is 12.4. The highest BCUT2D eigenvalue weighted by Gasteiger charge is 2.29. The van der Waals surface area contributed by atoms with Crippen LogP contribution in [-0.2, 0) is 4.79 Å². The van der Waals surface area contributed by atoms with E-state index >= 15 is 0 Å². The second-order valence-electron chi connectivity index (χ2n) is 5.66. The van der Waals surface area contributed by atoms with Gasteiger partial charge in [0.2, 0.25) is 5.91 Å². The number of rotatable bonds is 3.